The zero-order chi connectivity index (χ0) is 6.69. The Labute approximate surface area is 58.1 Å². The summed E-state index contributed by atoms with van der Waals surface area (Å²) in [5.74, 6) is -0.264. The lowest BCUT2D eigenvalue weighted by Gasteiger charge is -2.16. The van der Waals surface area contributed by atoms with Crippen molar-refractivity contribution in [3.05, 3.63) is 0 Å². The highest BCUT2D eigenvalue weighted by molar-refractivity contribution is 7.96. The third-order valence-electron chi connectivity index (χ3n) is 1.20. The molecule has 0 saturated carbocycles. The Kier molecular flexibility index (Phi) is 2.36. The summed E-state index contributed by atoms with van der Waals surface area (Å²) in [5.41, 5.74) is 5.03. The number of nitrogens with two attached hydrogens (primary N) is 1. The predicted molar refractivity (Wildman–Crippen MR) is 35.8 cm³/mol. The lowest BCUT2D eigenvalue weighted by atomic mass is 10.2. The molecule has 1 unspecified atom stereocenters. The van der Waals surface area contributed by atoms with Gasteiger partial charge in [0.15, 0.2) is 0 Å². The summed E-state index contributed by atoms with van der Waals surface area (Å²) in [7, 11) is 0. The van der Waals surface area contributed by atoms with Gasteiger partial charge in [0.25, 0.3) is 0 Å². The molecule has 1 atom stereocenters. The van der Waals surface area contributed by atoms with Crippen molar-refractivity contribution < 1.29 is 8.98 Å². The van der Waals surface area contributed by atoms with Crippen LogP contribution in [0.3, 0.4) is 0 Å². The monoisotopic (exact) mass is 147 g/mol. The standard InChI is InChI=1S/C5H9NO2S/c6-5(7)4-2-1-3-8-9-4/h4H,1-3H2,(H2,6,7). The van der Waals surface area contributed by atoms with Crippen LogP contribution in [-0.4, -0.2) is 17.8 Å². The summed E-state index contributed by atoms with van der Waals surface area (Å²) in [6, 6.07) is 0. The SMILES string of the molecule is NC(=O)C1CCCOS1. The molecule has 0 aromatic heterocycles. The lowest BCUT2D eigenvalue weighted by Crippen LogP contribution is -2.28. The van der Waals surface area contributed by atoms with Crippen molar-refractivity contribution >= 4 is 17.9 Å². The first kappa shape index (κ1) is 6.89. The number of primary amides is 1. The van der Waals surface area contributed by atoms with Gasteiger partial charge in [-0.05, 0) is 12.8 Å². The van der Waals surface area contributed by atoms with Gasteiger partial charge in [-0.1, -0.05) is 0 Å². The highest BCUT2D eigenvalue weighted by atomic mass is 32.2. The third-order valence-corrected chi connectivity index (χ3v) is 2.20. The normalized spacial score (nSPS) is 27.8. The average Bonchev–Trinajstić information content (AvgIpc) is 1.90. The molecule has 1 saturated heterocycles. The first-order chi connectivity index (χ1) is 4.30. The molecule has 0 aromatic rings. The van der Waals surface area contributed by atoms with Gasteiger partial charge >= 0.3 is 0 Å². The van der Waals surface area contributed by atoms with Crippen molar-refractivity contribution in [2.45, 2.75) is 18.1 Å². The Morgan fingerprint density at radius 1 is 1.78 bits per heavy atom. The molecular formula is C5H9NO2S. The second-order valence-electron chi connectivity index (χ2n) is 1.95. The van der Waals surface area contributed by atoms with Crippen molar-refractivity contribution in [2.75, 3.05) is 6.61 Å². The van der Waals surface area contributed by atoms with Crippen LogP contribution in [0.15, 0.2) is 0 Å². The van der Waals surface area contributed by atoms with Crippen molar-refractivity contribution in [1.82, 2.24) is 0 Å². The number of carbonyl (C=O) groups excluding carboxylic acids is 1. The summed E-state index contributed by atoms with van der Waals surface area (Å²) < 4.78 is 4.96. The van der Waals surface area contributed by atoms with Gasteiger partial charge in [0.05, 0.1) is 6.61 Å². The molecule has 1 aliphatic rings. The number of rotatable bonds is 1. The van der Waals surface area contributed by atoms with Crippen LogP contribution in [0, 0.1) is 0 Å². The molecule has 1 fully saturated rings. The van der Waals surface area contributed by atoms with E-state index in [-0.39, 0.29) is 11.2 Å². The summed E-state index contributed by atoms with van der Waals surface area (Å²) in [6.45, 7) is 0.744. The highest BCUT2D eigenvalue weighted by Gasteiger charge is 2.19. The number of carbonyl (C=O) groups is 1. The van der Waals surface area contributed by atoms with E-state index in [1.165, 1.54) is 12.0 Å². The molecule has 52 valence electrons. The Morgan fingerprint density at radius 3 is 2.89 bits per heavy atom. The second kappa shape index (κ2) is 3.08. The fourth-order valence-electron chi connectivity index (χ4n) is 0.696. The van der Waals surface area contributed by atoms with Gasteiger partial charge < -0.3 is 9.92 Å². The summed E-state index contributed by atoms with van der Waals surface area (Å²) in [6.07, 6.45) is 1.81. The van der Waals surface area contributed by atoms with Crippen LogP contribution in [0.25, 0.3) is 0 Å². The summed E-state index contributed by atoms with van der Waals surface area (Å²) >= 11 is 1.20. The number of amides is 1. The zero-order valence-electron chi connectivity index (χ0n) is 5.00. The molecule has 0 aliphatic carbocycles. The van der Waals surface area contributed by atoms with E-state index in [9.17, 15) is 4.79 Å². The van der Waals surface area contributed by atoms with Crippen LogP contribution in [0.5, 0.6) is 0 Å². The van der Waals surface area contributed by atoms with Gasteiger partial charge in [-0.2, -0.15) is 0 Å². The van der Waals surface area contributed by atoms with E-state index in [1.54, 1.807) is 0 Å². The predicted octanol–water partition coefficient (Wildman–Crippen LogP) is 0.299. The smallest absolute Gasteiger partial charge is 0.232 e. The Balaban J connectivity index is 2.31. The fourth-order valence-corrected chi connectivity index (χ4v) is 1.43. The Hall–Kier alpha value is -0.220. The minimum atomic E-state index is -0.264. The summed E-state index contributed by atoms with van der Waals surface area (Å²) in [4.78, 5) is 10.5. The van der Waals surface area contributed by atoms with Crippen LogP contribution in [0.4, 0.5) is 0 Å². The minimum Gasteiger partial charge on any atom is -0.369 e. The minimum absolute atomic E-state index is 0.112. The van der Waals surface area contributed by atoms with Gasteiger partial charge in [-0.25, -0.2) is 0 Å². The number of hydrogen-bond acceptors (Lipinski definition) is 3. The van der Waals surface area contributed by atoms with Gasteiger partial charge in [0.2, 0.25) is 5.91 Å². The Bertz CT molecular complexity index is 112. The lowest BCUT2D eigenvalue weighted by molar-refractivity contribution is -0.117. The van der Waals surface area contributed by atoms with E-state index in [0.717, 1.165) is 19.4 Å². The largest absolute Gasteiger partial charge is 0.369 e. The van der Waals surface area contributed by atoms with E-state index in [2.05, 4.69) is 0 Å². The van der Waals surface area contributed by atoms with Gasteiger partial charge in [-0.15, -0.1) is 0 Å². The summed E-state index contributed by atoms with van der Waals surface area (Å²) in [5, 5.41) is -0.112. The van der Waals surface area contributed by atoms with E-state index in [4.69, 9.17) is 9.92 Å². The highest BCUT2D eigenvalue weighted by Crippen LogP contribution is 2.22. The molecular weight excluding hydrogens is 138 g/mol. The number of hydrogen-bond donors (Lipinski definition) is 1. The maximum Gasteiger partial charge on any atom is 0.232 e. The maximum absolute atomic E-state index is 10.5. The third kappa shape index (κ3) is 1.87. The van der Waals surface area contributed by atoms with Gasteiger partial charge in [0, 0.05) is 12.0 Å². The fraction of sp³-hybridized carbons (Fsp3) is 0.800. The van der Waals surface area contributed by atoms with Crippen LogP contribution in [0.1, 0.15) is 12.8 Å². The van der Waals surface area contributed by atoms with Crippen molar-refractivity contribution in [2.24, 2.45) is 5.73 Å². The first-order valence-electron chi connectivity index (χ1n) is 2.88. The van der Waals surface area contributed by atoms with Crippen molar-refractivity contribution in [3.63, 3.8) is 0 Å². The van der Waals surface area contributed by atoms with E-state index in [0.29, 0.717) is 0 Å². The molecule has 9 heavy (non-hydrogen) atoms. The molecule has 1 aliphatic heterocycles. The zero-order valence-corrected chi connectivity index (χ0v) is 5.82. The van der Waals surface area contributed by atoms with Crippen molar-refractivity contribution in [1.29, 1.82) is 0 Å². The molecule has 1 amide bonds. The van der Waals surface area contributed by atoms with Crippen LogP contribution in [0.2, 0.25) is 0 Å². The molecule has 4 heteroatoms. The molecule has 0 aromatic carbocycles. The molecule has 0 spiro atoms. The van der Waals surface area contributed by atoms with Crippen LogP contribution in [-0.2, 0) is 8.98 Å². The molecule has 1 rings (SSSR count). The van der Waals surface area contributed by atoms with Gasteiger partial charge in [-0.3, -0.25) is 4.79 Å². The van der Waals surface area contributed by atoms with Crippen LogP contribution < -0.4 is 5.73 Å². The molecule has 0 radical (unpaired) electrons. The molecule has 3 nitrogen and oxygen atoms in total. The van der Waals surface area contributed by atoms with Crippen LogP contribution >= 0.6 is 12.0 Å². The van der Waals surface area contributed by atoms with Gasteiger partial charge in [0.1, 0.15) is 5.25 Å². The second-order valence-corrected chi connectivity index (χ2v) is 2.95. The van der Waals surface area contributed by atoms with Crippen molar-refractivity contribution in [3.8, 4) is 0 Å². The quantitative estimate of drug-likeness (QED) is 0.543. The average molecular weight is 147 g/mol. The van der Waals surface area contributed by atoms with E-state index < -0.39 is 0 Å². The van der Waals surface area contributed by atoms with E-state index in [1.807, 2.05) is 0 Å². The van der Waals surface area contributed by atoms with E-state index >= 15 is 0 Å². The maximum atomic E-state index is 10.5. The Morgan fingerprint density at radius 2 is 2.56 bits per heavy atom. The molecule has 1 heterocycles. The first-order valence-corrected chi connectivity index (χ1v) is 3.69. The topological polar surface area (TPSA) is 52.3 Å². The molecule has 0 bridgehead atoms. The molecule has 2 N–H and O–H groups in total.